The molecule has 10 heteroatoms. The Kier molecular flexibility index (Phi) is 7.95. The first-order valence-electron chi connectivity index (χ1n) is 12.8. The van der Waals surface area contributed by atoms with Gasteiger partial charge in [-0.3, -0.25) is 0 Å². The van der Waals surface area contributed by atoms with E-state index in [9.17, 15) is 4.79 Å². The molecule has 0 spiro atoms. The first-order valence-corrected chi connectivity index (χ1v) is 13.6. The van der Waals surface area contributed by atoms with E-state index in [2.05, 4.69) is 25.8 Å². The summed E-state index contributed by atoms with van der Waals surface area (Å²) < 4.78 is 32.8. The van der Waals surface area contributed by atoms with E-state index in [0.717, 1.165) is 24.8 Å². The van der Waals surface area contributed by atoms with Crippen LogP contribution in [0.1, 0.15) is 59.4 Å². The monoisotopic (exact) mass is 566 g/mol. The van der Waals surface area contributed by atoms with Crippen LogP contribution in [0.3, 0.4) is 0 Å². The highest BCUT2D eigenvalue weighted by atomic mass is 79.9. The summed E-state index contributed by atoms with van der Waals surface area (Å²) in [6.07, 6.45) is 1.96. The molecule has 5 rings (SSSR count). The van der Waals surface area contributed by atoms with Crippen molar-refractivity contribution < 1.29 is 23.4 Å². The number of ether oxygens (including phenoxy) is 3. The average Bonchev–Trinajstić information content (AvgIpc) is 3.45. The summed E-state index contributed by atoms with van der Waals surface area (Å²) >= 11 is 3.35. The lowest BCUT2D eigenvalue weighted by atomic mass is 10.1. The number of carbonyl (C=O) groups excluding carboxylic acids is 1. The number of piperazine rings is 1. The molecular weight excluding hydrogens is 531 g/mol. The van der Waals surface area contributed by atoms with Crippen LogP contribution < -0.4 is 9.64 Å². The molecule has 2 aromatic rings. The number of nitrogens with zero attached hydrogens (tertiary/aromatic N) is 4. The van der Waals surface area contributed by atoms with Gasteiger partial charge in [-0.15, -0.1) is 0 Å². The van der Waals surface area contributed by atoms with Crippen LogP contribution in [0.4, 0.5) is 15.0 Å². The van der Waals surface area contributed by atoms with Crippen LogP contribution in [0.2, 0.25) is 0 Å². The minimum atomic E-state index is -0.541. The van der Waals surface area contributed by atoms with Crippen LogP contribution >= 0.6 is 15.9 Å². The maximum atomic E-state index is 15.3. The molecule has 2 unspecified atom stereocenters. The van der Waals surface area contributed by atoms with Crippen molar-refractivity contribution in [2.24, 2.45) is 0 Å². The predicted molar refractivity (Wildman–Crippen MR) is 140 cm³/mol. The lowest BCUT2D eigenvalue weighted by Gasteiger charge is -2.36. The summed E-state index contributed by atoms with van der Waals surface area (Å²) in [5.41, 5.74) is 0.462. The second-order valence-corrected chi connectivity index (χ2v) is 11.1. The Bertz CT molecular complexity index is 1120. The molecule has 2 bridgehead atoms. The van der Waals surface area contributed by atoms with Crippen LogP contribution in [0.15, 0.2) is 10.5 Å². The number of likely N-dealkylation sites (tertiary alicyclic amines) is 1. The molecule has 198 valence electrons. The molecule has 1 amide bonds. The molecule has 0 N–H and O–H groups in total. The normalized spacial score (nSPS) is 22.0. The molecule has 3 saturated heterocycles. The Morgan fingerprint density at radius 1 is 1.17 bits per heavy atom. The zero-order chi connectivity index (χ0) is 26.2. The third-order valence-electron chi connectivity index (χ3n) is 6.59. The van der Waals surface area contributed by atoms with Gasteiger partial charge in [0, 0.05) is 31.3 Å². The number of aromatic nitrogens is 2. The Labute approximate surface area is 220 Å². The fourth-order valence-corrected chi connectivity index (χ4v) is 5.28. The van der Waals surface area contributed by atoms with E-state index in [1.165, 1.54) is 0 Å². The Morgan fingerprint density at radius 2 is 1.86 bits per heavy atom. The molecule has 0 saturated carbocycles. The van der Waals surface area contributed by atoms with Gasteiger partial charge in [0.1, 0.15) is 23.0 Å². The van der Waals surface area contributed by atoms with E-state index in [-0.39, 0.29) is 35.8 Å². The van der Waals surface area contributed by atoms with E-state index < -0.39 is 11.4 Å². The molecule has 1 aromatic heterocycles. The molecular formula is C26H36BrFN4O4. The van der Waals surface area contributed by atoms with E-state index in [1.54, 1.807) is 4.90 Å². The van der Waals surface area contributed by atoms with Gasteiger partial charge in [0.05, 0.1) is 29.8 Å². The van der Waals surface area contributed by atoms with Crippen molar-refractivity contribution in [2.75, 3.05) is 31.2 Å². The number of hydrogen-bond donors (Lipinski definition) is 0. The number of amides is 1. The summed E-state index contributed by atoms with van der Waals surface area (Å²) in [6.45, 7) is 13.8. The predicted octanol–water partition coefficient (Wildman–Crippen LogP) is 5.62. The van der Waals surface area contributed by atoms with Gasteiger partial charge >= 0.3 is 12.1 Å². The number of halogens is 2. The van der Waals surface area contributed by atoms with Gasteiger partial charge in [-0.05, 0) is 61.7 Å². The smallest absolute Gasteiger partial charge is 0.410 e. The van der Waals surface area contributed by atoms with Crippen molar-refractivity contribution >= 4 is 38.7 Å². The second-order valence-electron chi connectivity index (χ2n) is 10.3. The van der Waals surface area contributed by atoms with Crippen molar-refractivity contribution in [3.05, 3.63) is 21.9 Å². The standard InChI is InChI=1S/C24H30BrFN4O4.C2H6/c1-13-9-17-20(19(26)18(13)25)27-22(33-16-5-7-32-8-6-16)28-21(17)29-11-15-10-14(29)12-30(15)23(31)34-24(2,3)4;1-2/h9,14-16H,5-8,10-12H2,1-4H3;1-2H3. The molecule has 36 heavy (non-hydrogen) atoms. The maximum Gasteiger partial charge on any atom is 0.410 e. The Balaban J connectivity index is 0.00000148. The summed E-state index contributed by atoms with van der Waals surface area (Å²) in [5.74, 6) is 0.230. The molecule has 3 aliphatic heterocycles. The second kappa shape index (κ2) is 10.7. The van der Waals surface area contributed by atoms with Crippen LogP contribution in [0.25, 0.3) is 10.9 Å². The number of hydrogen-bond acceptors (Lipinski definition) is 7. The van der Waals surface area contributed by atoms with Crippen molar-refractivity contribution in [2.45, 2.75) is 84.6 Å². The first kappa shape index (κ1) is 26.9. The molecule has 3 fully saturated rings. The highest BCUT2D eigenvalue weighted by molar-refractivity contribution is 9.10. The number of fused-ring (bicyclic) bond motifs is 3. The van der Waals surface area contributed by atoms with E-state index in [1.807, 2.05) is 47.6 Å². The number of carbonyl (C=O) groups is 1. The van der Waals surface area contributed by atoms with Crippen molar-refractivity contribution in [1.29, 1.82) is 0 Å². The molecule has 0 radical (unpaired) electrons. The summed E-state index contributed by atoms with van der Waals surface area (Å²) in [5, 5.41) is 0.647. The van der Waals surface area contributed by atoms with Crippen molar-refractivity contribution in [1.82, 2.24) is 14.9 Å². The van der Waals surface area contributed by atoms with E-state index in [4.69, 9.17) is 19.2 Å². The van der Waals surface area contributed by atoms with Gasteiger partial charge in [-0.2, -0.15) is 9.97 Å². The topological polar surface area (TPSA) is 77.0 Å². The third kappa shape index (κ3) is 5.39. The van der Waals surface area contributed by atoms with Crippen LogP contribution in [-0.2, 0) is 9.47 Å². The van der Waals surface area contributed by atoms with Gasteiger partial charge < -0.3 is 24.0 Å². The lowest BCUT2D eigenvalue weighted by Crippen LogP contribution is -2.50. The Morgan fingerprint density at radius 3 is 2.47 bits per heavy atom. The maximum absolute atomic E-state index is 15.3. The summed E-state index contributed by atoms with van der Waals surface area (Å²) in [7, 11) is 0. The van der Waals surface area contributed by atoms with Crippen LogP contribution in [0.5, 0.6) is 6.01 Å². The zero-order valence-electron chi connectivity index (χ0n) is 21.9. The highest BCUT2D eigenvalue weighted by Crippen LogP contribution is 2.40. The number of anilines is 1. The highest BCUT2D eigenvalue weighted by Gasteiger charge is 2.47. The lowest BCUT2D eigenvalue weighted by molar-refractivity contribution is 0.0206. The molecule has 0 aliphatic carbocycles. The zero-order valence-corrected chi connectivity index (χ0v) is 23.5. The minimum absolute atomic E-state index is 0.0196. The van der Waals surface area contributed by atoms with Crippen LogP contribution in [0, 0.1) is 12.7 Å². The fraction of sp³-hybridized carbons (Fsp3) is 0.654. The number of aryl methyl sites for hydroxylation is 1. The minimum Gasteiger partial charge on any atom is -0.460 e. The van der Waals surface area contributed by atoms with E-state index >= 15 is 4.39 Å². The molecule has 3 aliphatic rings. The van der Waals surface area contributed by atoms with Gasteiger partial charge in [0.25, 0.3) is 0 Å². The first-order chi connectivity index (χ1) is 17.1. The largest absolute Gasteiger partial charge is 0.460 e. The Hall–Kier alpha value is -2.20. The number of benzene rings is 1. The molecule has 2 atom stereocenters. The molecule has 1 aromatic carbocycles. The molecule has 8 nitrogen and oxygen atoms in total. The van der Waals surface area contributed by atoms with Crippen LogP contribution in [-0.4, -0.2) is 71.1 Å². The van der Waals surface area contributed by atoms with Gasteiger partial charge in [-0.1, -0.05) is 13.8 Å². The van der Waals surface area contributed by atoms with E-state index in [0.29, 0.717) is 42.0 Å². The third-order valence-corrected chi connectivity index (χ3v) is 7.57. The fourth-order valence-electron chi connectivity index (χ4n) is 4.98. The van der Waals surface area contributed by atoms with Gasteiger partial charge in [0.2, 0.25) is 0 Å². The summed E-state index contributed by atoms with van der Waals surface area (Å²) in [4.78, 5) is 25.9. The number of rotatable bonds is 3. The van der Waals surface area contributed by atoms with Gasteiger partial charge in [-0.25, -0.2) is 9.18 Å². The average molecular weight is 568 g/mol. The van der Waals surface area contributed by atoms with Gasteiger partial charge in [0.15, 0.2) is 5.82 Å². The SMILES string of the molecule is CC.Cc1cc2c(N3CC4CC3CN4C(=O)OC(C)(C)C)nc(OC3CCOCC3)nc2c(F)c1Br. The van der Waals surface area contributed by atoms with Crippen molar-refractivity contribution in [3.8, 4) is 6.01 Å². The quantitative estimate of drug-likeness (QED) is 0.477. The van der Waals surface area contributed by atoms with Crippen molar-refractivity contribution in [3.63, 3.8) is 0 Å². The molecule has 4 heterocycles. The summed E-state index contributed by atoms with van der Waals surface area (Å²) in [6, 6.07) is 2.17.